The molecule has 3 heteroatoms. The van der Waals surface area contributed by atoms with Crippen molar-refractivity contribution >= 4 is 27.5 Å². The minimum Gasteiger partial charge on any atom is -0.294 e. The Morgan fingerprint density at radius 2 is 1.36 bits per heavy atom. The molecule has 3 aromatic rings. The molecule has 1 atom stereocenters. The predicted octanol–water partition coefficient (Wildman–Crippen LogP) is 5.69. The van der Waals surface area contributed by atoms with Gasteiger partial charge in [0, 0.05) is 22.0 Å². The van der Waals surface area contributed by atoms with Crippen LogP contribution in [0.25, 0.3) is 0 Å². The van der Waals surface area contributed by atoms with E-state index in [1.165, 1.54) is 0 Å². The Labute approximate surface area is 155 Å². The third kappa shape index (κ3) is 4.31. The molecular weight excluding hydrogens is 376 g/mol. The SMILES string of the molecule is O=C(CC(C(=O)c1ccccc1)c1cccc(Br)c1)c1ccccc1. The van der Waals surface area contributed by atoms with E-state index in [4.69, 9.17) is 0 Å². The minimum absolute atomic E-state index is 0.0325. The molecule has 0 amide bonds. The molecule has 0 aliphatic heterocycles. The van der Waals surface area contributed by atoms with Crippen LogP contribution in [-0.4, -0.2) is 11.6 Å². The van der Waals surface area contributed by atoms with Crippen molar-refractivity contribution in [2.45, 2.75) is 12.3 Å². The largest absolute Gasteiger partial charge is 0.294 e. The third-order valence-electron chi connectivity index (χ3n) is 4.11. The summed E-state index contributed by atoms with van der Waals surface area (Å²) in [6, 6.07) is 25.8. The van der Waals surface area contributed by atoms with Gasteiger partial charge in [0.05, 0.1) is 5.92 Å². The van der Waals surface area contributed by atoms with E-state index >= 15 is 0 Å². The number of ketones is 2. The van der Waals surface area contributed by atoms with Crippen LogP contribution < -0.4 is 0 Å². The summed E-state index contributed by atoms with van der Waals surface area (Å²) in [4.78, 5) is 25.7. The predicted molar refractivity (Wildman–Crippen MR) is 103 cm³/mol. The van der Waals surface area contributed by atoms with Gasteiger partial charge in [-0.05, 0) is 17.7 Å². The van der Waals surface area contributed by atoms with E-state index in [1.807, 2.05) is 60.7 Å². The molecule has 0 aliphatic carbocycles. The Morgan fingerprint density at radius 3 is 1.96 bits per heavy atom. The molecule has 0 N–H and O–H groups in total. The molecule has 3 rings (SSSR count). The summed E-state index contributed by atoms with van der Waals surface area (Å²) < 4.78 is 0.892. The van der Waals surface area contributed by atoms with Crippen molar-refractivity contribution in [1.82, 2.24) is 0 Å². The maximum Gasteiger partial charge on any atom is 0.170 e. The van der Waals surface area contributed by atoms with E-state index in [0.717, 1.165) is 10.0 Å². The van der Waals surface area contributed by atoms with Gasteiger partial charge in [0.1, 0.15) is 0 Å². The topological polar surface area (TPSA) is 34.1 Å². The van der Waals surface area contributed by atoms with Crippen molar-refractivity contribution in [3.63, 3.8) is 0 Å². The molecule has 0 saturated heterocycles. The molecule has 2 nitrogen and oxygen atoms in total. The van der Waals surface area contributed by atoms with Gasteiger partial charge in [-0.25, -0.2) is 0 Å². The first-order valence-electron chi connectivity index (χ1n) is 8.08. The highest BCUT2D eigenvalue weighted by molar-refractivity contribution is 9.10. The van der Waals surface area contributed by atoms with Gasteiger partial charge in [0.2, 0.25) is 0 Å². The summed E-state index contributed by atoms with van der Waals surface area (Å²) in [5.41, 5.74) is 2.09. The molecule has 0 bridgehead atoms. The van der Waals surface area contributed by atoms with Crippen molar-refractivity contribution < 1.29 is 9.59 Å². The molecular formula is C22H17BrO2. The van der Waals surface area contributed by atoms with E-state index in [1.54, 1.807) is 24.3 Å². The molecule has 25 heavy (non-hydrogen) atoms. The number of Topliss-reactive ketones (excluding diaryl/α,β-unsaturated/α-hetero) is 2. The van der Waals surface area contributed by atoms with Crippen molar-refractivity contribution in [3.8, 4) is 0 Å². The number of hydrogen-bond donors (Lipinski definition) is 0. The van der Waals surface area contributed by atoms with Crippen molar-refractivity contribution in [3.05, 3.63) is 106 Å². The number of carbonyl (C=O) groups excluding carboxylic acids is 2. The number of halogens is 1. The van der Waals surface area contributed by atoms with Gasteiger partial charge < -0.3 is 0 Å². The van der Waals surface area contributed by atoms with E-state index in [-0.39, 0.29) is 18.0 Å². The standard InChI is InChI=1S/C22H17BrO2/c23-19-13-7-12-18(14-19)20(22(25)17-10-5-2-6-11-17)15-21(24)16-8-3-1-4-9-16/h1-14,20H,15H2. The van der Waals surface area contributed by atoms with Crippen LogP contribution in [0.1, 0.15) is 38.6 Å². The smallest absolute Gasteiger partial charge is 0.170 e. The van der Waals surface area contributed by atoms with Gasteiger partial charge in [-0.2, -0.15) is 0 Å². The van der Waals surface area contributed by atoms with Gasteiger partial charge >= 0.3 is 0 Å². The lowest BCUT2D eigenvalue weighted by Crippen LogP contribution is -2.17. The highest BCUT2D eigenvalue weighted by Crippen LogP contribution is 2.28. The van der Waals surface area contributed by atoms with E-state index < -0.39 is 5.92 Å². The van der Waals surface area contributed by atoms with Crippen molar-refractivity contribution in [2.24, 2.45) is 0 Å². The molecule has 3 aromatic carbocycles. The van der Waals surface area contributed by atoms with Gasteiger partial charge in [0.25, 0.3) is 0 Å². The Balaban J connectivity index is 1.95. The molecule has 0 aliphatic rings. The lowest BCUT2D eigenvalue weighted by atomic mass is 9.85. The van der Waals surface area contributed by atoms with Crippen LogP contribution in [0.2, 0.25) is 0 Å². The highest BCUT2D eigenvalue weighted by atomic mass is 79.9. The zero-order valence-corrected chi connectivity index (χ0v) is 15.1. The lowest BCUT2D eigenvalue weighted by Gasteiger charge is -2.16. The van der Waals surface area contributed by atoms with Gasteiger partial charge in [-0.1, -0.05) is 88.7 Å². The second-order valence-corrected chi connectivity index (χ2v) is 6.75. The summed E-state index contributed by atoms with van der Waals surface area (Å²) in [6.45, 7) is 0. The first-order valence-corrected chi connectivity index (χ1v) is 8.87. The second kappa shape index (κ2) is 8.04. The fraction of sp³-hybridized carbons (Fsp3) is 0.0909. The van der Waals surface area contributed by atoms with Crippen LogP contribution in [0.3, 0.4) is 0 Å². The van der Waals surface area contributed by atoms with E-state index in [9.17, 15) is 9.59 Å². The molecule has 0 aromatic heterocycles. The fourth-order valence-corrected chi connectivity index (χ4v) is 3.23. The summed E-state index contributed by atoms with van der Waals surface area (Å²) >= 11 is 3.45. The van der Waals surface area contributed by atoms with Crippen LogP contribution in [-0.2, 0) is 0 Å². The summed E-state index contributed by atoms with van der Waals surface area (Å²) in [6.07, 6.45) is 0.147. The summed E-state index contributed by atoms with van der Waals surface area (Å²) in [7, 11) is 0. The minimum atomic E-state index is -0.507. The zero-order valence-electron chi connectivity index (χ0n) is 13.6. The Bertz CT molecular complexity index is 873. The lowest BCUT2D eigenvalue weighted by molar-refractivity contribution is 0.0893. The maximum absolute atomic E-state index is 13.1. The molecule has 0 spiro atoms. The summed E-state index contributed by atoms with van der Waals surface area (Å²) in [5.74, 6) is -0.578. The number of rotatable bonds is 6. The first kappa shape index (κ1) is 17.3. The molecule has 0 fully saturated rings. The number of carbonyl (C=O) groups is 2. The molecule has 0 radical (unpaired) electrons. The average Bonchev–Trinajstić information content (AvgIpc) is 2.67. The fourth-order valence-electron chi connectivity index (χ4n) is 2.82. The quantitative estimate of drug-likeness (QED) is 0.505. The molecule has 0 saturated carbocycles. The van der Waals surface area contributed by atoms with Crippen LogP contribution in [0.15, 0.2) is 89.4 Å². The highest BCUT2D eigenvalue weighted by Gasteiger charge is 2.25. The van der Waals surface area contributed by atoms with Crippen LogP contribution in [0.5, 0.6) is 0 Å². The Kier molecular flexibility index (Phi) is 5.56. The molecule has 0 heterocycles. The van der Waals surface area contributed by atoms with Gasteiger partial charge in [-0.3, -0.25) is 9.59 Å². The van der Waals surface area contributed by atoms with Crippen LogP contribution >= 0.6 is 15.9 Å². The van der Waals surface area contributed by atoms with Gasteiger partial charge in [-0.15, -0.1) is 0 Å². The first-order chi connectivity index (χ1) is 12.1. The van der Waals surface area contributed by atoms with Gasteiger partial charge in [0.15, 0.2) is 11.6 Å². The third-order valence-corrected chi connectivity index (χ3v) is 4.60. The molecule has 124 valence electrons. The number of hydrogen-bond acceptors (Lipinski definition) is 2. The maximum atomic E-state index is 13.1. The van der Waals surface area contributed by atoms with Crippen LogP contribution in [0, 0.1) is 0 Å². The average molecular weight is 393 g/mol. The second-order valence-electron chi connectivity index (χ2n) is 5.83. The molecule has 1 unspecified atom stereocenters. The van der Waals surface area contributed by atoms with Crippen molar-refractivity contribution in [1.29, 1.82) is 0 Å². The monoisotopic (exact) mass is 392 g/mol. The zero-order chi connectivity index (χ0) is 17.6. The van der Waals surface area contributed by atoms with Crippen LogP contribution in [0.4, 0.5) is 0 Å². The van der Waals surface area contributed by atoms with E-state index in [0.29, 0.717) is 11.1 Å². The Hall–Kier alpha value is -2.52. The normalized spacial score (nSPS) is 11.7. The van der Waals surface area contributed by atoms with Crippen molar-refractivity contribution in [2.75, 3.05) is 0 Å². The van der Waals surface area contributed by atoms with E-state index in [2.05, 4.69) is 15.9 Å². The Morgan fingerprint density at radius 1 is 0.760 bits per heavy atom. The summed E-state index contributed by atoms with van der Waals surface area (Å²) in [5, 5.41) is 0. The number of benzene rings is 3.